The van der Waals surface area contributed by atoms with Gasteiger partial charge in [-0.3, -0.25) is 9.59 Å². The number of benzene rings is 3. The van der Waals surface area contributed by atoms with Crippen LogP contribution in [0.3, 0.4) is 0 Å². The van der Waals surface area contributed by atoms with Crippen LogP contribution in [0.15, 0.2) is 78.9 Å². The van der Waals surface area contributed by atoms with Crippen molar-refractivity contribution in [2.45, 2.75) is 20.1 Å². The molecule has 0 spiro atoms. The largest absolute Gasteiger partial charge is 0.487 e. The minimum absolute atomic E-state index is 0.124. The number of H-pyrrole nitrogens is 1. The number of nitrogens with one attached hydrogen (secondary N) is 3. The number of amides is 2. The van der Waals surface area contributed by atoms with E-state index in [9.17, 15) is 9.59 Å². The van der Waals surface area contributed by atoms with E-state index in [4.69, 9.17) is 39.5 Å². The molecule has 3 N–H and O–H groups in total. The Bertz CT molecular complexity index is 1850. The molecule has 0 aliphatic heterocycles. The SMILES string of the molecule is CNC(=O)c1ccc(C=CC(=O)NCc2[nH]c(Cl)cc2-c2ccc(Cl)c(COc3cccc4ccc(C)nc34)c2Cl)cc1. The molecule has 5 rings (SSSR count). The summed E-state index contributed by atoms with van der Waals surface area (Å²) in [6.07, 6.45) is 3.09. The molecule has 0 unspecified atom stereocenters. The molecule has 0 atom stereocenters. The molecule has 43 heavy (non-hydrogen) atoms. The molecular weight excluding hydrogens is 607 g/mol. The molecule has 0 aliphatic carbocycles. The van der Waals surface area contributed by atoms with Crippen molar-refractivity contribution >= 4 is 63.6 Å². The molecule has 0 bridgehead atoms. The predicted octanol–water partition coefficient (Wildman–Crippen LogP) is 7.77. The van der Waals surface area contributed by atoms with Crippen molar-refractivity contribution in [3.63, 3.8) is 0 Å². The quantitative estimate of drug-likeness (QED) is 0.145. The number of hydrogen-bond donors (Lipinski definition) is 3. The van der Waals surface area contributed by atoms with Gasteiger partial charge in [-0.05, 0) is 55.0 Å². The molecule has 2 heterocycles. The van der Waals surface area contributed by atoms with Crippen LogP contribution in [0, 0.1) is 6.92 Å². The minimum atomic E-state index is -0.303. The summed E-state index contributed by atoms with van der Waals surface area (Å²) in [4.78, 5) is 32.0. The number of halogens is 3. The first-order valence-electron chi connectivity index (χ1n) is 13.4. The van der Waals surface area contributed by atoms with E-state index in [1.165, 1.54) is 6.08 Å². The Morgan fingerprint density at radius 3 is 2.53 bits per heavy atom. The predicted molar refractivity (Wildman–Crippen MR) is 173 cm³/mol. The number of ether oxygens (including phenoxy) is 1. The van der Waals surface area contributed by atoms with Crippen LogP contribution >= 0.6 is 34.8 Å². The van der Waals surface area contributed by atoms with Gasteiger partial charge in [0.15, 0.2) is 0 Å². The Labute approximate surface area is 263 Å². The van der Waals surface area contributed by atoms with E-state index >= 15 is 0 Å². The smallest absolute Gasteiger partial charge is 0.251 e. The lowest BCUT2D eigenvalue weighted by molar-refractivity contribution is -0.116. The average molecular weight is 634 g/mol. The molecule has 10 heteroatoms. The number of nitrogens with zero attached hydrogens (tertiary/aromatic N) is 1. The van der Waals surface area contributed by atoms with Crippen molar-refractivity contribution in [1.29, 1.82) is 0 Å². The number of aromatic nitrogens is 2. The maximum absolute atomic E-state index is 12.6. The monoisotopic (exact) mass is 632 g/mol. The summed E-state index contributed by atoms with van der Waals surface area (Å²) in [6, 6.07) is 21.9. The van der Waals surface area contributed by atoms with Gasteiger partial charge in [0, 0.05) is 57.2 Å². The van der Waals surface area contributed by atoms with Crippen molar-refractivity contribution in [2.24, 2.45) is 0 Å². The van der Waals surface area contributed by atoms with Gasteiger partial charge < -0.3 is 20.4 Å². The zero-order valence-electron chi connectivity index (χ0n) is 23.3. The van der Waals surface area contributed by atoms with Gasteiger partial charge in [0.25, 0.3) is 5.91 Å². The van der Waals surface area contributed by atoms with Crippen LogP contribution in [0.5, 0.6) is 5.75 Å². The van der Waals surface area contributed by atoms with E-state index in [1.54, 1.807) is 49.5 Å². The highest BCUT2D eigenvalue weighted by molar-refractivity contribution is 6.38. The highest BCUT2D eigenvalue weighted by Crippen LogP contribution is 2.38. The Morgan fingerprint density at radius 2 is 1.77 bits per heavy atom. The first-order chi connectivity index (χ1) is 20.7. The minimum Gasteiger partial charge on any atom is -0.487 e. The summed E-state index contributed by atoms with van der Waals surface area (Å²) >= 11 is 19.8. The fourth-order valence-electron chi connectivity index (χ4n) is 4.56. The van der Waals surface area contributed by atoms with Gasteiger partial charge in [-0.15, -0.1) is 0 Å². The topological polar surface area (TPSA) is 96.1 Å². The molecule has 0 saturated heterocycles. The van der Waals surface area contributed by atoms with Crippen LogP contribution in [0.4, 0.5) is 0 Å². The normalized spacial score (nSPS) is 11.2. The van der Waals surface area contributed by atoms with Gasteiger partial charge in [-0.25, -0.2) is 4.98 Å². The Kier molecular flexibility index (Phi) is 9.36. The van der Waals surface area contributed by atoms with E-state index in [1.807, 2.05) is 43.3 Å². The summed E-state index contributed by atoms with van der Waals surface area (Å²) in [7, 11) is 1.57. The van der Waals surface area contributed by atoms with E-state index in [0.717, 1.165) is 27.7 Å². The molecule has 0 saturated carbocycles. The lowest BCUT2D eigenvalue weighted by Crippen LogP contribution is -2.20. The Balaban J connectivity index is 1.31. The molecule has 7 nitrogen and oxygen atoms in total. The summed E-state index contributed by atoms with van der Waals surface area (Å²) in [5.41, 5.74) is 5.67. The van der Waals surface area contributed by atoms with Crippen molar-refractivity contribution in [3.8, 4) is 16.9 Å². The van der Waals surface area contributed by atoms with E-state index in [-0.39, 0.29) is 25.0 Å². The Morgan fingerprint density at radius 1 is 0.977 bits per heavy atom. The number of rotatable bonds is 9. The molecular formula is C33H27Cl3N4O3. The van der Waals surface area contributed by atoms with Gasteiger partial charge in [0.05, 0.1) is 11.6 Å². The number of para-hydroxylation sites is 1. The van der Waals surface area contributed by atoms with E-state index in [2.05, 4.69) is 20.6 Å². The molecule has 2 amide bonds. The number of fused-ring (bicyclic) bond motifs is 1. The van der Waals surface area contributed by atoms with Crippen LogP contribution in [-0.4, -0.2) is 28.8 Å². The molecule has 5 aromatic rings. The highest BCUT2D eigenvalue weighted by atomic mass is 35.5. The maximum atomic E-state index is 12.6. The van der Waals surface area contributed by atoms with E-state index < -0.39 is 0 Å². The second-order valence-corrected chi connectivity index (χ2v) is 10.9. The fraction of sp³-hybridized carbons (Fsp3) is 0.121. The lowest BCUT2D eigenvalue weighted by Gasteiger charge is -2.14. The number of hydrogen-bond acceptors (Lipinski definition) is 4. The van der Waals surface area contributed by atoms with Crippen LogP contribution in [0.25, 0.3) is 28.1 Å². The molecule has 2 aromatic heterocycles. The summed E-state index contributed by atoms with van der Waals surface area (Å²) in [6.45, 7) is 2.23. The number of carbonyl (C=O) groups is 2. The molecule has 3 aromatic carbocycles. The zero-order valence-corrected chi connectivity index (χ0v) is 25.6. The molecule has 0 radical (unpaired) electrons. The first-order valence-corrected chi connectivity index (χ1v) is 14.5. The van der Waals surface area contributed by atoms with Crippen LogP contribution in [0.1, 0.15) is 32.9 Å². The third-order valence-electron chi connectivity index (χ3n) is 6.80. The van der Waals surface area contributed by atoms with Crippen LogP contribution < -0.4 is 15.4 Å². The van der Waals surface area contributed by atoms with Gasteiger partial charge in [0.1, 0.15) is 23.0 Å². The van der Waals surface area contributed by atoms with Crippen molar-refractivity contribution in [3.05, 3.63) is 122 Å². The average Bonchev–Trinajstić information content (AvgIpc) is 3.38. The standard InChI is InChI=1S/C33H27Cl3N4O3/c1-19-6-10-21-4-3-5-28(32(21)39-19)43-18-25-26(34)14-13-23(31(25)36)24-16-29(35)40-27(24)17-38-30(41)15-9-20-7-11-22(12-8-20)33(42)37-2/h3-16,40H,17-18H2,1-2H3,(H,37,42)(H,38,41). The zero-order chi connectivity index (χ0) is 30.5. The third-order valence-corrected chi connectivity index (χ3v) is 7.79. The van der Waals surface area contributed by atoms with Gasteiger partial charge in [-0.2, -0.15) is 0 Å². The summed E-state index contributed by atoms with van der Waals surface area (Å²) in [5, 5.41) is 7.68. The number of aromatic amines is 1. The third kappa shape index (κ3) is 7.03. The lowest BCUT2D eigenvalue weighted by atomic mass is 10.0. The Hall–Kier alpha value is -4.30. The second kappa shape index (κ2) is 13.3. The maximum Gasteiger partial charge on any atom is 0.251 e. The molecule has 218 valence electrons. The van der Waals surface area contributed by atoms with Crippen molar-refractivity contribution in [2.75, 3.05) is 7.05 Å². The molecule has 0 fully saturated rings. The van der Waals surface area contributed by atoms with Gasteiger partial charge in [-0.1, -0.05) is 71.2 Å². The number of aryl methyl sites for hydroxylation is 1. The number of pyridine rings is 1. The second-order valence-electron chi connectivity index (χ2n) is 9.72. The van der Waals surface area contributed by atoms with Crippen LogP contribution in [-0.2, 0) is 17.9 Å². The highest BCUT2D eigenvalue weighted by Gasteiger charge is 2.18. The first kappa shape index (κ1) is 30.2. The summed E-state index contributed by atoms with van der Waals surface area (Å²) in [5.74, 6) is 0.149. The van der Waals surface area contributed by atoms with E-state index in [0.29, 0.717) is 43.3 Å². The number of carbonyl (C=O) groups excluding carboxylic acids is 2. The summed E-state index contributed by atoms with van der Waals surface area (Å²) < 4.78 is 6.16. The fourth-order valence-corrected chi connectivity index (χ4v) is 5.36. The van der Waals surface area contributed by atoms with Crippen molar-refractivity contribution < 1.29 is 14.3 Å². The van der Waals surface area contributed by atoms with Gasteiger partial charge in [0.2, 0.25) is 5.91 Å². The van der Waals surface area contributed by atoms with Crippen LogP contribution in [0.2, 0.25) is 15.2 Å². The van der Waals surface area contributed by atoms with Gasteiger partial charge >= 0.3 is 0 Å². The van der Waals surface area contributed by atoms with Crippen molar-refractivity contribution in [1.82, 2.24) is 20.6 Å². The molecule has 0 aliphatic rings.